The van der Waals surface area contributed by atoms with E-state index in [1.54, 1.807) is 23.9 Å². The van der Waals surface area contributed by atoms with Gasteiger partial charge in [0.05, 0.1) is 15.0 Å². The van der Waals surface area contributed by atoms with E-state index >= 15 is 0 Å². The molecule has 4 heteroatoms. The number of rotatable bonds is 5. The van der Waals surface area contributed by atoms with Crippen LogP contribution in [0, 0.1) is 6.92 Å². The summed E-state index contributed by atoms with van der Waals surface area (Å²) in [4.78, 5) is 12.6. The standard InChI is InChI=1S/C14H13ClOS2/c1-10-3-2-4-11(7-10)8-17-9-12(16)13-5-6-14(15)18-13/h2-7H,8-9H2,1H3. The summed E-state index contributed by atoms with van der Waals surface area (Å²) in [5, 5.41) is 0. The van der Waals surface area contributed by atoms with Crippen molar-refractivity contribution < 1.29 is 4.79 Å². The average molecular weight is 297 g/mol. The lowest BCUT2D eigenvalue weighted by atomic mass is 10.2. The molecule has 1 heterocycles. The molecule has 0 saturated carbocycles. The fraction of sp³-hybridized carbons (Fsp3) is 0.214. The van der Waals surface area contributed by atoms with Crippen LogP contribution in [0.3, 0.4) is 0 Å². The number of hydrogen-bond donors (Lipinski definition) is 0. The van der Waals surface area contributed by atoms with Crippen molar-refractivity contribution in [1.82, 2.24) is 0 Å². The number of carbonyl (C=O) groups excluding carboxylic acids is 1. The van der Waals surface area contributed by atoms with E-state index in [1.165, 1.54) is 22.5 Å². The van der Waals surface area contributed by atoms with Crippen molar-refractivity contribution in [3.63, 3.8) is 0 Å². The molecule has 0 aliphatic carbocycles. The van der Waals surface area contributed by atoms with Gasteiger partial charge in [0.25, 0.3) is 0 Å². The van der Waals surface area contributed by atoms with Gasteiger partial charge in [-0.3, -0.25) is 4.79 Å². The first-order valence-corrected chi connectivity index (χ1v) is 7.92. The van der Waals surface area contributed by atoms with Crippen LogP contribution in [0.15, 0.2) is 36.4 Å². The molecule has 0 radical (unpaired) electrons. The lowest BCUT2D eigenvalue weighted by molar-refractivity contribution is 0.102. The van der Waals surface area contributed by atoms with Crippen LogP contribution < -0.4 is 0 Å². The van der Waals surface area contributed by atoms with Gasteiger partial charge in [-0.2, -0.15) is 0 Å². The Morgan fingerprint density at radius 1 is 1.33 bits per heavy atom. The maximum atomic E-state index is 11.8. The molecule has 0 bridgehead atoms. The Morgan fingerprint density at radius 3 is 2.83 bits per heavy atom. The van der Waals surface area contributed by atoms with Crippen LogP contribution in [0.25, 0.3) is 0 Å². The Bertz CT molecular complexity index is 548. The topological polar surface area (TPSA) is 17.1 Å². The average Bonchev–Trinajstić information content (AvgIpc) is 2.76. The van der Waals surface area contributed by atoms with Gasteiger partial charge < -0.3 is 0 Å². The van der Waals surface area contributed by atoms with Gasteiger partial charge in [0, 0.05) is 5.75 Å². The molecule has 0 atom stereocenters. The Balaban J connectivity index is 1.84. The lowest BCUT2D eigenvalue weighted by Gasteiger charge is -2.02. The second-order valence-electron chi connectivity index (χ2n) is 4.01. The molecule has 0 spiro atoms. The maximum absolute atomic E-state index is 11.8. The first-order chi connectivity index (χ1) is 8.65. The predicted octanol–water partition coefficient (Wildman–Crippen LogP) is 4.83. The van der Waals surface area contributed by atoms with Gasteiger partial charge in [-0.25, -0.2) is 0 Å². The highest BCUT2D eigenvalue weighted by Crippen LogP contribution is 2.23. The Kier molecular flexibility index (Phi) is 4.87. The molecule has 2 aromatic rings. The molecule has 0 amide bonds. The summed E-state index contributed by atoms with van der Waals surface area (Å²) in [6, 6.07) is 11.9. The minimum atomic E-state index is 0.157. The number of thioether (sulfide) groups is 1. The summed E-state index contributed by atoms with van der Waals surface area (Å²) >= 11 is 8.80. The van der Waals surface area contributed by atoms with E-state index in [0.717, 1.165) is 10.6 Å². The molecule has 0 aliphatic rings. The number of Topliss-reactive ketones (excluding diaryl/α,β-unsaturated/α-hetero) is 1. The van der Waals surface area contributed by atoms with Gasteiger partial charge in [-0.1, -0.05) is 41.4 Å². The van der Waals surface area contributed by atoms with Crippen LogP contribution in [0.4, 0.5) is 0 Å². The highest BCUT2D eigenvalue weighted by atomic mass is 35.5. The number of ketones is 1. The third-order valence-electron chi connectivity index (χ3n) is 2.43. The van der Waals surface area contributed by atoms with Crippen molar-refractivity contribution in [2.45, 2.75) is 12.7 Å². The second kappa shape index (κ2) is 6.41. The van der Waals surface area contributed by atoms with Gasteiger partial charge >= 0.3 is 0 Å². The third kappa shape index (κ3) is 3.87. The highest BCUT2D eigenvalue weighted by molar-refractivity contribution is 7.99. The molecule has 0 unspecified atom stereocenters. The zero-order valence-electron chi connectivity index (χ0n) is 9.98. The highest BCUT2D eigenvalue weighted by Gasteiger charge is 2.08. The van der Waals surface area contributed by atoms with Crippen molar-refractivity contribution in [2.75, 3.05) is 5.75 Å². The van der Waals surface area contributed by atoms with Gasteiger partial charge in [0.2, 0.25) is 0 Å². The molecular weight excluding hydrogens is 284 g/mol. The van der Waals surface area contributed by atoms with Crippen LogP contribution in [0.5, 0.6) is 0 Å². The zero-order chi connectivity index (χ0) is 13.0. The smallest absolute Gasteiger partial charge is 0.182 e. The van der Waals surface area contributed by atoms with E-state index in [1.807, 2.05) is 6.07 Å². The summed E-state index contributed by atoms with van der Waals surface area (Å²) in [5.41, 5.74) is 2.52. The first-order valence-electron chi connectivity index (χ1n) is 5.57. The number of hydrogen-bond acceptors (Lipinski definition) is 3. The van der Waals surface area contributed by atoms with E-state index in [-0.39, 0.29) is 5.78 Å². The largest absolute Gasteiger partial charge is 0.292 e. The van der Waals surface area contributed by atoms with E-state index < -0.39 is 0 Å². The summed E-state index contributed by atoms with van der Waals surface area (Å²) in [6.07, 6.45) is 0. The van der Waals surface area contributed by atoms with Gasteiger partial charge in [0.15, 0.2) is 5.78 Å². The van der Waals surface area contributed by atoms with E-state index in [0.29, 0.717) is 10.1 Å². The minimum absolute atomic E-state index is 0.157. The summed E-state index contributed by atoms with van der Waals surface area (Å²) < 4.78 is 0.669. The van der Waals surface area contributed by atoms with Crippen LogP contribution in [-0.2, 0) is 5.75 Å². The molecule has 0 N–H and O–H groups in total. The van der Waals surface area contributed by atoms with Crippen molar-refractivity contribution >= 4 is 40.5 Å². The van der Waals surface area contributed by atoms with Crippen LogP contribution in [0.1, 0.15) is 20.8 Å². The summed E-state index contributed by atoms with van der Waals surface area (Å²) in [7, 11) is 0. The molecule has 1 aromatic heterocycles. The predicted molar refractivity (Wildman–Crippen MR) is 81.0 cm³/mol. The van der Waals surface area contributed by atoms with Gasteiger partial charge in [-0.15, -0.1) is 23.1 Å². The second-order valence-corrected chi connectivity index (χ2v) is 6.71. The SMILES string of the molecule is Cc1cccc(CSCC(=O)c2ccc(Cl)s2)c1. The zero-order valence-corrected chi connectivity index (χ0v) is 12.4. The fourth-order valence-electron chi connectivity index (χ4n) is 1.60. The number of carbonyl (C=O) groups is 1. The van der Waals surface area contributed by atoms with E-state index in [4.69, 9.17) is 11.6 Å². The Hall–Kier alpha value is -0.770. The van der Waals surface area contributed by atoms with Crippen molar-refractivity contribution in [3.05, 3.63) is 56.7 Å². The van der Waals surface area contributed by atoms with Crippen molar-refractivity contribution in [1.29, 1.82) is 0 Å². The minimum Gasteiger partial charge on any atom is -0.292 e. The number of aryl methyl sites for hydroxylation is 1. The molecule has 0 saturated heterocycles. The third-order valence-corrected chi connectivity index (χ3v) is 4.71. The normalized spacial score (nSPS) is 10.6. The molecule has 18 heavy (non-hydrogen) atoms. The van der Waals surface area contributed by atoms with Crippen molar-refractivity contribution in [3.8, 4) is 0 Å². The number of thiophene rings is 1. The monoisotopic (exact) mass is 296 g/mol. The number of benzene rings is 1. The molecular formula is C14H13ClOS2. The number of halogens is 1. The first kappa shape index (κ1) is 13.7. The summed E-state index contributed by atoms with van der Waals surface area (Å²) in [6.45, 7) is 2.08. The molecule has 0 aliphatic heterocycles. The molecule has 1 nitrogen and oxygen atoms in total. The lowest BCUT2D eigenvalue weighted by Crippen LogP contribution is -1.99. The Labute approximate surface area is 120 Å². The fourth-order valence-corrected chi connectivity index (χ4v) is 3.53. The van der Waals surface area contributed by atoms with Crippen LogP contribution in [-0.4, -0.2) is 11.5 Å². The van der Waals surface area contributed by atoms with Crippen molar-refractivity contribution in [2.24, 2.45) is 0 Å². The summed E-state index contributed by atoms with van der Waals surface area (Å²) in [5.74, 6) is 1.53. The van der Waals surface area contributed by atoms with Gasteiger partial charge in [-0.05, 0) is 24.6 Å². The molecule has 1 aromatic carbocycles. The van der Waals surface area contributed by atoms with E-state index in [9.17, 15) is 4.79 Å². The van der Waals surface area contributed by atoms with Gasteiger partial charge in [0.1, 0.15) is 0 Å². The maximum Gasteiger partial charge on any atom is 0.182 e. The molecule has 0 fully saturated rings. The van der Waals surface area contributed by atoms with E-state index in [2.05, 4.69) is 25.1 Å². The molecule has 94 valence electrons. The quantitative estimate of drug-likeness (QED) is 0.735. The van der Waals surface area contributed by atoms with Crippen LogP contribution >= 0.6 is 34.7 Å². The molecule has 2 rings (SSSR count). The Morgan fingerprint density at radius 2 is 2.17 bits per heavy atom. The van der Waals surface area contributed by atoms with Crippen LogP contribution in [0.2, 0.25) is 4.34 Å².